The Kier molecular flexibility index (Phi) is 2.19. The average molecular weight is 198 g/mol. The number of hydrogen-bond donors (Lipinski definition) is 2. The van der Waals surface area contributed by atoms with Crippen LogP contribution < -0.4 is 10.9 Å². The molecule has 2 heterocycles. The number of rotatable bonds is 3. The molecule has 0 atom stereocenters. The molecule has 4 nitrogen and oxygen atoms in total. The van der Waals surface area contributed by atoms with E-state index in [4.69, 9.17) is 0 Å². The molecule has 6 heteroatoms. The van der Waals surface area contributed by atoms with Gasteiger partial charge in [0.25, 0.3) is 0 Å². The van der Waals surface area contributed by atoms with Crippen LogP contribution in [0, 0.1) is 0 Å². The number of anilines is 2. The smallest absolute Gasteiger partial charge is 0.201 e. The summed E-state index contributed by atoms with van der Waals surface area (Å²) in [5.74, 6) is 0. The van der Waals surface area contributed by atoms with Crippen molar-refractivity contribution in [1.82, 2.24) is 9.97 Å². The molecule has 12 heavy (non-hydrogen) atoms. The maximum atomic E-state index is 4.04. The zero-order valence-electron chi connectivity index (χ0n) is 6.02. The van der Waals surface area contributed by atoms with Gasteiger partial charge in [0.15, 0.2) is 0 Å². The van der Waals surface area contributed by atoms with Crippen LogP contribution in [0.4, 0.5) is 10.3 Å². The molecule has 0 saturated carbocycles. The van der Waals surface area contributed by atoms with Crippen molar-refractivity contribution in [2.75, 3.05) is 10.9 Å². The molecule has 0 spiro atoms. The van der Waals surface area contributed by atoms with E-state index in [1.165, 1.54) is 22.7 Å². The van der Waals surface area contributed by atoms with Gasteiger partial charge in [0.05, 0.1) is 0 Å². The Labute approximate surface area is 77.3 Å². The van der Waals surface area contributed by atoms with E-state index in [0.717, 1.165) is 10.3 Å². The SMILES string of the molecule is c1csc(NNc2nccs2)n1. The van der Waals surface area contributed by atoms with Crippen molar-refractivity contribution in [1.29, 1.82) is 0 Å². The normalized spacial score (nSPS) is 9.67. The maximum Gasteiger partial charge on any atom is 0.201 e. The number of nitrogens with zero attached hydrogens (tertiary/aromatic N) is 2. The lowest BCUT2D eigenvalue weighted by molar-refractivity contribution is 1.30. The molecule has 2 rings (SSSR count). The molecule has 0 amide bonds. The Morgan fingerprint density at radius 3 is 1.75 bits per heavy atom. The monoisotopic (exact) mass is 198 g/mol. The van der Waals surface area contributed by atoms with Gasteiger partial charge >= 0.3 is 0 Å². The van der Waals surface area contributed by atoms with Crippen LogP contribution in [0.25, 0.3) is 0 Å². The average Bonchev–Trinajstić information content (AvgIpc) is 2.74. The fourth-order valence-corrected chi connectivity index (χ4v) is 1.64. The van der Waals surface area contributed by atoms with E-state index in [-0.39, 0.29) is 0 Å². The first kappa shape index (κ1) is 7.51. The molecule has 0 unspecified atom stereocenters. The van der Waals surface area contributed by atoms with Gasteiger partial charge in [-0.3, -0.25) is 10.9 Å². The van der Waals surface area contributed by atoms with Crippen molar-refractivity contribution >= 4 is 32.9 Å². The molecule has 2 N–H and O–H groups in total. The van der Waals surface area contributed by atoms with E-state index < -0.39 is 0 Å². The summed E-state index contributed by atoms with van der Waals surface area (Å²) >= 11 is 3.07. The topological polar surface area (TPSA) is 49.8 Å². The molecular weight excluding hydrogens is 192 g/mol. The Bertz CT molecular complexity index is 281. The molecular formula is C6H6N4S2. The Morgan fingerprint density at radius 2 is 1.42 bits per heavy atom. The number of nitrogens with one attached hydrogen (secondary N) is 2. The summed E-state index contributed by atoms with van der Waals surface area (Å²) in [4.78, 5) is 8.07. The molecule has 0 aromatic carbocycles. The molecule has 0 bridgehead atoms. The first-order valence-corrected chi connectivity index (χ1v) is 5.02. The van der Waals surface area contributed by atoms with Crippen molar-refractivity contribution in [2.24, 2.45) is 0 Å². The minimum absolute atomic E-state index is 0.838. The lowest BCUT2D eigenvalue weighted by Gasteiger charge is -2.00. The quantitative estimate of drug-likeness (QED) is 0.741. The fourth-order valence-electron chi connectivity index (χ4n) is 0.677. The highest BCUT2D eigenvalue weighted by Crippen LogP contribution is 2.13. The van der Waals surface area contributed by atoms with Gasteiger partial charge in [0.2, 0.25) is 10.3 Å². The van der Waals surface area contributed by atoms with Crippen LogP contribution in [0.1, 0.15) is 0 Å². The summed E-state index contributed by atoms with van der Waals surface area (Å²) < 4.78 is 0. The summed E-state index contributed by atoms with van der Waals surface area (Å²) in [6, 6.07) is 0. The summed E-state index contributed by atoms with van der Waals surface area (Å²) in [6.45, 7) is 0. The largest absolute Gasteiger partial charge is 0.274 e. The highest BCUT2D eigenvalue weighted by atomic mass is 32.1. The Morgan fingerprint density at radius 1 is 0.917 bits per heavy atom. The summed E-state index contributed by atoms with van der Waals surface area (Å²) in [5, 5.41) is 5.49. The highest BCUT2D eigenvalue weighted by Gasteiger charge is 1.94. The van der Waals surface area contributed by atoms with Crippen LogP contribution in [-0.4, -0.2) is 9.97 Å². The van der Waals surface area contributed by atoms with Gasteiger partial charge in [-0.2, -0.15) is 0 Å². The second-order valence-corrected chi connectivity index (χ2v) is 3.71. The van der Waals surface area contributed by atoms with Crippen molar-refractivity contribution in [3.05, 3.63) is 23.2 Å². The van der Waals surface area contributed by atoms with Crippen molar-refractivity contribution in [3.8, 4) is 0 Å². The van der Waals surface area contributed by atoms with Gasteiger partial charge in [0.1, 0.15) is 0 Å². The number of hydrogen-bond acceptors (Lipinski definition) is 6. The van der Waals surface area contributed by atoms with Crippen LogP contribution in [-0.2, 0) is 0 Å². The molecule has 2 aromatic heterocycles. The van der Waals surface area contributed by atoms with E-state index in [1.54, 1.807) is 12.4 Å². The highest BCUT2D eigenvalue weighted by molar-refractivity contribution is 7.14. The maximum absolute atomic E-state index is 4.04. The first-order valence-electron chi connectivity index (χ1n) is 3.26. The molecule has 0 aliphatic rings. The minimum atomic E-state index is 0.838. The summed E-state index contributed by atoms with van der Waals surface area (Å²) in [7, 11) is 0. The molecule has 62 valence electrons. The summed E-state index contributed by atoms with van der Waals surface area (Å²) in [6.07, 6.45) is 3.49. The molecule has 0 saturated heterocycles. The van der Waals surface area contributed by atoms with Gasteiger partial charge in [-0.15, -0.1) is 22.7 Å². The van der Waals surface area contributed by atoms with E-state index in [9.17, 15) is 0 Å². The second-order valence-electron chi connectivity index (χ2n) is 1.92. The third-order valence-electron chi connectivity index (χ3n) is 1.14. The van der Waals surface area contributed by atoms with Crippen LogP contribution >= 0.6 is 22.7 Å². The van der Waals surface area contributed by atoms with Crippen molar-refractivity contribution in [3.63, 3.8) is 0 Å². The van der Waals surface area contributed by atoms with Gasteiger partial charge < -0.3 is 0 Å². The van der Waals surface area contributed by atoms with Gasteiger partial charge in [-0.1, -0.05) is 0 Å². The minimum Gasteiger partial charge on any atom is -0.274 e. The third-order valence-corrected chi connectivity index (χ3v) is 2.52. The number of thiazole rings is 2. The Balaban J connectivity index is 1.91. The van der Waals surface area contributed by atoms with Crippen LogP contribution in [0.15, 0.2) is 23.2 Å². The Hall–Kier alpha value is -1.14. The standard InChI is InChI=1S/C6H6N4S2/c1-3-11-5(7-1)9-10-6-8-2-4-12-6/h1-4H,(H,7,9)(H,8,10). The van der Waals surface area contributed by atoms with Crippen LogP contribution in [0.3, 0.4) is 0 Å². The first-order chi connectivity index (χ1) is 5.95. The summed E-state index contributed by atoms with van der Waals surface area (Å²) in [5.41, 5.74) is 5.86. The van der Waals surface area contributed by atoms with Crippen molar-refractivity contribution < 1.29 is 0 Å². The van der Waals surface area contributed by atoms with E-state index in [1.807, 2.05) is 10.8 Å². The number of hydrazine groups is 1. The molecule has 0 aliphatic carbocycles. The molecule has 0 aliphatic heterocycles. The van der Waals surface area contributed by atoms with E-state index in [2.05, 4.69) is 20.8 Å². The van der Waals surface area contributed by atoms with Crippen LogP contribution in [0.2, 0.25) is 0 Å². The molecule has 0 fully saturated rings. The number of aromatic nitrogens is 2. The predicted molar refractivity (Wildman–Crippen MR) is 51.5 cm³/mol. The van der Waals surface area contributed by atoms with Gasteiger partial charge in [-0.25, -0.2) is 9.97 Å². The fraction of sp³-hybridized carbons (Fsp3) is 0. The van der Waals surface area contributed by atoms with Gasteiger partial charge in [-0.05, 0) is 0 Å². The van der Waals surface area contributed by atoms with Gasteiger partial charge in [0, 0.05) is 23.2 Å². The molecule has 0 radical (unpaired) electrons. The second kappa shape index (κ2) is 3.51. The van der Waals surface area contributed by atoms with Crippen molar-refractivity contribution in [2.45, 2.75) is 0 Å². The van der Waals surface area contributed by atoms with Crippen LogP contribution in [0.5, 0.6) is 0 Å². The predicted octanol–water partition coefficient (Wildman–Crippen LogP) is 2.04. The zero-order valence-corrected chi connectivity index (χ0v) is 7.65. The third kappa shape index (κ3) is 1.72. The van der Waals surface area contributed by atoms with E-state index in [0.29, 0.717) is 0 Å². The lowest BCUT2D eigenvalue weighted by Crippen LogP contribution is -2.07. The van der Waals surface area contributed by atoms with E-state index >= 15 is 0 Å². The lowest BCUT2D eigenvalue weighted by atomic mass is 11.0. The zero-order chi connectivity index (χ0) is 8.23. The molecule has 2 aromatic rings.